The van der Waals surface area contributed by atoms with E-state index in [1.165, 1.54) is 12.3 Å². The first-order valence-electron chi connectivity index (χ1n) is 5.20. The zero-order chi connectivity index (χ0) is 11.1. The van der Waals surface area contributed by atoms with E-state index < -0.39 is 5.82 Å². The highest BCUT2D eigenvalue weighted by molar-refractivity contribution is 5.12. The van der Waals surface area contributed by atoms with Crippen molar-refractivity contribution in [1.29, 1.82) is 0 Å². The average molecular weight is 212 g/mol. The molecule has 4 heteroatoms. The molecule has 1 aromatic heterocycles. The van der Waals surface area contributed by atoms with Crippen LogP contribution in [0.1, 0.15) is 20.3 Å². The maximum Gasteiger partial charge on any atom is 0.250 e. The zero-order valence-corrected chi connectivity index (χ0v) is 9.16. The summed E-state index contributed by atoms with van der Waals surface area (Å²) < 4.78 is 18.2. The first-order valence-corrected chi connectivity index (χ1v) is 5.20. The molecule has 0 spiro atoms. The Labute approximate surface area is 89.7 Å². The second kappa shape index (κ2) is 6.35. The smallest absolute Gasteiger partial charge is 0.250 e. The number of hydrogen-bond acceptors (Lipinski definition) is 3. The van der Waals surface area contributed by atoms with Crippen molar-refractivity contribution in [3.05, 3.63) is 24.1 Å². The summed E-state index contributed by atoms with van der Waals surface area (Å²) in [5.41, 5.74) is 0. The molecule has 0 saturated carbocycles. The minimum atomic E-state index is -0.416. The highest BCUT2D eigenvalue weighted by Crippen LogP contribution is 2.10. The molecule has 0 aliphatic heterocycles. The van der Waals surface area contributed by atoms with Gasteiger partial charge in [-0.3, -0.25) is 0 Å². The monoisotopic (exact) mass is 212 g/mol. The van der Waals surface area contributed by atoms with Crippen LogP contribution in [0.25, 0.3) is 0 Å². The van der Waals surface area contributed by atoms with Crippen LogP contribution in [0.4, 0.5) is 4.39 Å². The normalized spacial score (nSPS) is 12.5. The molecule has 1 N–H and O–H groups in total. The summed E-state index contributed by atoms with van der Waals surface area (Å²) in [6.07, 6.45) is 2.58. The molecule has 0 bridgehead atoms. The Morgan fingerprint density at radius 2 is 2.40 bits per heavy atom. The second-order valence-corrected chi connectivity index (χ2v) is 3.40. The van der Waals surface area contributed by atoms with E-state index in [1.807, 2.05) is 0 Å². The average Bonchev–Trinajstić information content (AvgIpc) is 2.26. The van der Waals surface area contributed by atoms with Crippen LogP contribution in [0.5, 0.6) is 5.88 Å². The lowest BCUT2D eigenvalue weighted by molar-refractivity contribution is 0.280. The number of nitrogens with zero attached hydrogens (tertiary/aromatic N) is 1. The summed E-state index contributed by atoms with van der Waals surface area (Å²) in [5, 5.41) is 3.25. The molecule has 0 aromatic carbocycles. The first-order chi connectivity index (χ1) is 7.24. The predicted molar refractivity (Wildman–Crippen MR) is 57.4 cm³/mol. The molecule has 1 heterocycles. The minimum absolute atomic E-state index is 0.0726. The quantitative estimate of drug-likeness (QED) is 0.732. The summed E-state index contributed by atoms with van der Waals surface area (Å²) in [6.45, 7) is 5.33. The van der Waals surface area contributed by atoms with Crippen LogP contribution in [0.3, 0.4) is 0 Å². The van der Waals surface area contributed by atoms with Crippen LogP contribution in [-0.2, 0) is 0 Å². The van der Waals surface area contributed by atoms with Gasteiger partial charge in [-0.15, -0.1) is 0 Å². The number of aromatic nitrogens is 1. The van der Waals surface area contributed by atoms with Gasteiger partial charge in [-0.1, -0.05) is 6.92 Å². The molecule has 1 aromatic rings. The van der Waals surface area contributed by atoms with Gasteiger partial charge in [-0.2, -0.15) is 0 Å². The summed E-state index contributed by atoms with van der Waals surface area (Å²) in [6, 6.07) is 3.34. The van der Waals surface area contributed by atoms with Crippen molar-refractivity contribution in [3.8, 4) is 5.88 Å². The van der Waals surface area contributed by atoms with E-state index >= 15 is 0 Å². The van der Waals surface area contributed by atoms with E-state index in [2.05, 4.69) is 24.1 Å². The molecule has 84 valence electrons. The minimum Gasteiger partial charge on any atom is -0.474 e. The van der Waals surface area contributed by atoms with E-state index in [1.54, 1.807) is 6.07 Å². The van der Waals surface area contributed by atoms with Crippen molar-refractivity contribution in [2.24, 2.45) is 0 Å². The number of pyridine rings is 1. The molecular formula is C11H17FN2O. The van der Waals surface area contributed by atoms with Crippen molar-refractivity contribution in [2.45, 2.75) is 26.3 Å². The molecule has 0 aliphatic carbocycles. The number of hydrogen-bond donors (Lipinski definition) is 1. The molecule has 0 amide bonds. The van der Waals surface area contributed by atoms with E-state index in [4.69, 9.17) is 4.74 Å². The fraction of sp³-hybridized carbons (Fsp3) is 0.545. The third-order valence-electron chi connectivity index (χ3n) is 2.17. The van der Waals surface area contributed by atoms with Gasteiger partial charge in [-0.05, 0) is 25.5 Å². The SMILES string of the molecule is CCC(C)NCCOc1ncccc1F. The van der Waals surface area contributed by atoms with Crippen molar-refractivity contribution in [2.75, 3.05) is 13.2 Å². The Hall–Kier alpha value is -1.16. The van der Waals surface area contributed by atoms with E-state index in [0.717, 1.165) is 6.42 Å². The first kappa shape index (κ1) is 11.9. The molecule has 0 radical (unpaired) electrons. The molecular weight excluding hydrogens is 195 g/mol. The molecule has 0 aliphatic rings. The second-order valence-electron chi connectivity index (χ2n) is 3.40. The van der Waals surface area contributed by atoms with Gasteiger partial charge in [0.1, 0.15) is 6.61 Å². The van der Waals surface area contributed by atoms with Crippen LogP contribution in [0.2, 0.25) is 0 Å². The molecule has 0 fully saturated rings. The van der Waals surface area contributed by atoms with Gasteiger partial charge < -0.3 is 10.1 Å². The zero-order valence-electron chi connectivity index (χ0n) is 9.16. The van der Waals surface area contributed by atoms with E-state index in [-0.39, 0.29) is 5.88 Å². The Morgan fingerprint density at radius 1 is 1.60 bits per heavy atom. The van der Waals surface area contributed by atoms with Crippen LogP contribution in [0.15, 0.2) is 18.3 Å². The molecule has 15 heavy (non-hydrogen) atoms. The standard InChI is InChI=1S/C11H17FN2O/c1-3-9(2)13-7-8-15-11-10(12)5-4-6-14-11/h4-6,9,13H,3,7-8H2,1-2H3. The van der Waals surface area contributed by atoms with Crippen molar-refractivity contribution in [3.63, 3.8) is 0 Å². The van der Waals surface area contributed by atoms with Crippen molar-refractivity contribution in [1.82, 2.24) is 10.3 Å². The highest BCUT2D eigenvalue weighted by atomic mass is 19.1. The highest BCUT2D eigenvalue weighted by Gasteiger charge is 2.02. The van der Waals surface area contributed by atoms with Crippen molar-refractivity contribution < 1.29 is 9.13 Å². The van der Waals surface area contributed by atoms with Crippen LogP contribution in [-0.4, -0.2) is 24.2 Å². The largest absolute Gasteiger partial charge is 0.474 e. The number of halogens is 1. The third-order valence-corrected chi connectivity index (χ3v) is 2.17. The molecule has 1 unspecified atom stereocenters. The van der Waals surface area contributed by atoms with Gasteiger partial charge >= 0.3 is 0 Å². The van der Waals surface area contributed by atoms with Crippen LogP contribution < -0.4 is 10.1 Å². The Bertz CT molecular complexity index is 294. The summed E-state index contributed by atoms with van der Waals surface area (Å²) >= 11 is 0. The Kier molecular flexibility index (Phi) is 5.04. The molecule has 1 atom stereocenters. The fourth-order valence-electron chi connectivity index (χ4n) is 1.07. The Balaban J connectivity index is 2.23. The van der Waals surface area contributed by atoms with Crippen LogP contribution >= 0.6 is 0 Å². The molecule has 3 nitrogen and oxygen atoms in total. The van der Waals surface area contributed by atoms with Crippen molar-refractivity contribution >= 4 is 0 Å². The summed E-state index contributed by atoms with van der Waals surface area (Å²) in [5.74, 6) is -0.343. The maximum atomic E-state index is 13.0. The van der Waals surface area contributed by atoms with Gasteiger partial charge in [0.25, 0.3) is 0 Å². The van der Waals surface area contributed by atoms with Crippen LogP contribution in [0, 0.1) is 5.82 Å². The third kappa shape index (κ3) is 4.25. The lowest BCUT2D eigenvalue weighted by Crippen LogP contribution is -2.29. The van der Waals surface area contributed by atoms with Gasteiger partial charge in [0, 0.05) is 18.8 Å². The fourth-order valence-corrected chi connectivity index (χ4v) is 1.07. The van der Waals surface area contributed by atoms with E-state index in [0.29, 0.717) is 19.2 Å². The lowest BCUT2D eigenvalue weighted by atomic mass is 10.3. The lowest BCUT2D eigenvalue weighted by Gasteiger charge is -2.11. The van der Waals surface area contributed by atoms with E-state index in [9.17, 15) is 4.39 Å². The van der Waals surface area contributed by atoms with Gasteiger partial charge in [0.2, 0.25) is 5.88 Å². The Morgan fingerprint density at radius 3 is 3.07 bits per heavy atom. The number of ether oxygens (including phenoxy) is 1. The molecule has 0 saturated heterocycles. The predicted octanol–water partition coefficient (Wildman–Crippen LogP) is 1.99. The van der Waals surface area contributed by atoms with Gasteiger partial charge in [0.15, 0.2) is 5.82 Å². The summed E-state index contributed by atoms with van der Waals surface area (Å²) in [4.78, 5) is 3.79. The summed E-state index contributed by atoms with van der Waals surface area (Å²) in [7, 11) is 0. The number of rotatable bonds is 6. The topological polar surface area (TPSA) is 34.1 Å². The van der Waals surface area contributed by atoms with Gasteiger partial charge in [-0.25, -0.2) is 9.37 Å². The molecule has 1 rings (SSSR count). The maximum absolute atomic E-state index is 13.0. The van der Waals surface area contributed by atoms with Gasteiger partial charge in [0.05, 0.1) is 0 Å². The number of nitrogens with one attached hydrogen (secondary N) is 1.